The van der Waals surface area contributed by atoms with E-state index in [9.17, 15) is 9.18 Å². The highest BCUT2D eigenvalue weighted by molar-refractivity contribution is 5.94. The molecule has 3 N–H and O–H groups in total. The molecule has 6 heteroatoms. The Kier molecular flexibility index (Phi) is 6.95. The second kappa shape index (κ2) is 9.42. The zero-order valence-electron chi connectivity index (χ0n) is 14.5. The van der Waals surface area contributed by atoms with Crippen molar-refractivity contribution in [3.8, 4) is 0 Å². The second-order valence-electron chi connectivity index (χ2n) is 5.53. The highest BCUT2D eigenvalue weighted by Crippen LogP contribution is 2.09. The zero-order chi connectivity index (χ0) is 18.1. The van der Waals surface area contributed by atoms with E-state index in [1.165, 1.54) is 17.7 Å². The van der Waals surface area contributed by atoms with E-state index in [0.717, 1.165) is 5.56 Å². The summed E-state index contributed by atoms with van der Waals surface area (Å²) in [5, 5.41) is 8.72. The number of guanidine groups is 1. The maximum Gasteiger partial charge on any atom is 0.243 e. The lowest BCUT2D eigenvalue weighted by Crippen LogP contribution is -2.41. The minimum absolute atomic E-state index is 0.0378. The van der Waals surface area contributed by atoms with Crippen molar-refractivity contribution >= 4 is 17.6 Å². The quantitative estimate of drug-likeness (QED) is 0.559. The summed E-state index contributed by atoms with van der Waals surface area (Å²) < 4.78 is 13.1. The number of halogens is 1. The summed E-state index contributed by atoms with van der Waals surface area (Å²) in [7, 11) is 0. The molecular formula is C19H23FN4O. The van der Waals surface area contributed by atoms with Crippen LogP contribution < -0.4 is 16.0 Å². The number of aliphatic imine (C=N–C) groups is 1. The Morgan fingerprint density at radius 2 is 1.92 bits per heavy atom. The molecule has 0 heterocycles. The Labute approximate surface area is 147 Å². The lowest BCUT2D eigenvalue weighted by molar-refractivity contribution is -0.115. The molecule has 0 spiro atoms. The van der Waals surface area contributed by atoms with Gasteiger partial charge in [-0.3, -0.25) is 4.79 Å². The fourth-order valence-corrected chi connectivity index (χ4v) is 2.23. The van der Waals surface area contributed by atoms with Crippen molar-refractivity contribution in [3.63, 3.8) is 0 Å². The molecule has 0 saturated heterocycles. The van der Waals surface area contributed by atoms with E-state index in [1.807, 2.05) is 38.1 Å². The maximum atomic E-state index is 13.1. The standard InChI is InChI=1S/C19H23FN4O/c1-3-21-19(22-12-15-8-5-4-7-14(15)2)23-13-18(25)24-17-10-6-9-16(20)11-17/h4-11H,3,12-13H2,1-2H3,(H,24,25)(H2,21,22,23). The lowest BCUT2D eigenvalue weighted by Gasteiger charge is -2.12. The minimum atomic E-state index is -0.390. The van der Waals surface area contributed by atoms with Gasteiger partial charge in [0.15, 0.2) is 5.96 Å². The molecule has 2 aromatic carbocycles. The summed E-state index contributed by atoms with van der Waals surface area (Å²) in [6, 6.07) is 13.8. The van der Waals surface area contributed by atoms with E-state index in [-0.39, 0.29) is 18.3 Å². The molecular weight excluding hydrogens is 319 g/mol. The number of hydrogen-bond donors (Lipinski definition) is 3. The van der Waals surface area contributed by atoms with Crippen molar-refractivity contribution in [2.75, 3.05) is 18.4 Å². The predicted octanol–water partition coefficient (Wildman–Crippen LogP) is 2.83. The summed E-state index contributed by atoms with van der Waals surface area (Å²) in [6.07, 6.45) is 0. The summed E-state index contributed by atoms with van der Waals surface area (Å²) in [5.74, 6) is -0.105. The van der Waals surface area contributed by atoms with Gasteiger partial charge < -0.3 is 16.0 Å². The fourth-order valence-electron chi connectivity index (χ4n) is 2.23. The van der Waals surface area contributed by atoms with Crippen LogP contribution in [-0.4, -0.2) is 25.0 Å². The Bertz CT molecular complexity index is 746. The van der Waals surface area contributed by atoms with E-state index < -0.39 is 0 Å². The average molecular weight is 342 g/mol. The number of aryl methyl sites for hydroxylation is 1. The SMILES string of the molecule is CCNC(=NCc1ccccc1C)NCC(=O)Nc1cccc(F)c1. The molecule has 0 aliphatic heterocycles. The number of anilines is 1. The Hall–Kier alpha value is -2.89. The Morgan fingerprint density at radius 3 is 2.64 bits per heavy atom. The van der Waals surface area contributed by atoms with Crippen molar-refractivity contribution in [2.45, 2.75) is 20.4 Å². The third kappa shape index (κ3) is 6.25. The average Bonchev–Trinajstić information content (AvgIpc) is 2.58. The molecule has 0 unspecified atom stereocenters. The van der Waals surface area contributed by atoms with E-state index in [0.29, 0.717) is 24.7 Å². The first-order valence-electron chi connectivity index (χ1n) is 8.20. The Balaban J connectivity index is 1.91. The summed E-state index contributed by atoms with van der Waals surface area (Å²) in [6.45, 7) is 5.24. The van der Waals surface area contributed by atoms with Crippen LogP contribution in [0.15, 0.2) is 53.5 Å². The molecule has 0 bridgehead atoms. The topological polar surface area (TPSA) is 65.5 Å². The van der Waals surface area contributed by atoms with Gasteiger partial charge in [-0.05, 0) is 43.2 Å². The fraction of sp³-hybridized carbons (Fsp3) is 0.263. The first-order valence-corrected chi connectivity index (χ1v) is 8.20. The summed E-state index contributed by atoms with van der Waals surface area (Å²) in [5.41, 5.74) is 2.73. The van der Waals surface area contributed by atoms with Gasteiger partial charge in [-0.25, -0.2) is 9.38 Å². The third-order valence-electron chi connectivity index (χ3n) is 3.54. The van der Waals surface area contributed by atoms with Crippen molar-refractivity contribution in [1.29, 1.82) is 0 Å². The Morgan fingerprint density at radius 1 is 1.12 bits per heavy atom. The van der Waals surface area contributed by atoms with E-state index in [2.05, 4.69) is 20.9 Å². The normalized spacial score (nSPS) is 11.1. The molecule has 25 heavy (non-hydrogen) atoms. The molecule has 132 valence electrons. The van der Waals surface area contributed by atoms with Crippen LogP contribution in [0.1, 0.15) is 18.1 Å². The van der Waals surface area contributed by atoms with Crippen molar-refractivity contribution in [1.82, 2.24) is 10.6 Å². The summed E-state index contributed by atoms with van der Waals surface area (Å²) >= 11 is 0. The van der Waals surface area contributed by atoms with Gasteiger partial charge in [-0.2, -0.15) is 0 Å². The number of carbonyl (C=O) groups excluding carboxylic acids is 1. The lowest BCUT2D eigenvalue weighted by atomic mass is 10.1. The van der Waals surface area contributed by atoms with Crippen LogP contribution >= 0.6 is 0 Å². The number of rotatable bonds is 6. The zero-order valence-corrected chi connectivity index (χ0v) is 14.5. The predicted molar refractivity (Wildman–Crippen MR) is 99.0 cm³/mol. The monoisotopic (exact) mass is 342 g/mol. The first kappa shape index (κ1) is 18.4. The number of carbonyl (C=O) groups is 1. The largest absolute Gasteiger partial charge is 0.357 e. The van der Waals surface area contributed by atoms with Gasteiger partial charge in [0.1, 0.15) is 5.82 Å². The van der Waals surface area contributed by atoms with Crippen LogP contribution in [0.5, 0.6) is 0 Å². The van der Waals surface area contributed by atoms with Gasteiger partial charge in [0.2, 0.25) is 5.91 Å². The molecule has 2 aromatic rings. The van der Waals surface area contributed by atoms with Crippen molar-refractivity contribution in [2.24, 2.45) is 4.99 Å². The summed E-state index contributed by atoms with van der Waals surface area (Å²) in [4.78, 5) is 16.5. The second-order valence-corrected chi connectivity index (χ2v) is 5.53. The molecule has 2 rings (SSSR count). The van der Waals surface area contributed by atoms with Crippen molar-refractivity contribution < 1.29 is 9.18 Å². The van der Waals surface area contributed by atoms with Gasteiger partial charge in [-0.15, -0.1) is 0 Å². The number of hydrogen-bond acceptors (Lipinski definition) is 2. The van der Waals surface area contributed by atoms with Crippen molar-refractivity contribution in [3.05, 3.63) is 65.5 Å². The van der Waals surface area contributed by atoms with Crippen LogP contribution in [0.3, 0.4) is 0 Å². The smallest absolute Gasteiger partial charge is 0.243 e. The molecule has 0 radical (unpaired) electrons. The molecule has 1 amide bonds. The molecule has 5 nitrogen and oxygen atoms in total. The van der Waals surface area contributed by atoms with E-state index in [4.69, 9.17) is 0 Å². The molecule has 0 atom stereocenters. The number of benzene rings is 2. The van der Waals surface area contributed by atoms with Gasteiger partial charge in [0.25, 0.3) is 0 Å². The van der Waals surface area contributed by atoms with Gasteiger partial charge in [0.05, 0.1) is 13.1 Å². The highest BCUT2D eigenvalue weighted by atomic mass is 19.1. The number of nitrogens with one attached hydrogen (secondary N) is 3. The van der Waals surface area contributed by atoms with Crippen LogP contribution in [0.4, 0.5) is 10.1 Å². The van der Waals surface area contributed by atoms with E-state index in [1.54, 1.807) is 12.1 Å². The first-order chi connectivity index (χ1) is 12.1. The van der Waals surface area contributed by atoms with Gasteiger partial charge in [-0.1, -0.05) is 30.3 Å². The third-order valence-corrected chi connectivity index (χ3v) is 3.54. The molecule has 0 saturated carbocycles. The van der Waals surface area contributed by atoms with Gasteiger partial charge in [0, 0.05) is 12.2 Å². The van der Waals surface area contributed by atoms with Crippen LogP contribution in [0.25, 0.3) is 0 Å². The number of nitrogens with zero attached hydrogens (tertiary/aromatic N) is 1. The molecule has 0 aromatic heterocycles. The number of amides is 1. The molecule has 0 aliphatic carbocycles. The van der Waals surface area contributed by atoms with Crippen LogP contribution in [-0.2, 0) is 11.3 Å². The maximum absolute atomic E-state index is 13.1. The van der Waals surface area contributed by atoms with Gasteiger partial charge >= 0.3 is 0 Å². The minimum Gasteiger partial charge on any atom is -0.357 e. The molecule has 0 aliphatic rings. The van der Waals surface area contributed by atoms with Crippen LogP contribution in [0.2, 0.25) is 0 Å². The molecule has 0 fully saturated rings. The van der Waals surface area contributed by atoms with Crippen LogP contribution in [0, 0.1) is 12.7 Å². The highest BCUT2D eigenvalue weighted by Gasteiger charge is 2.05. The van der Waals surface area contributed by atoms with E-state index >= 15 is 0 Å².